The number of aromatic nitrogens is 2. The summed E-state index contributed by atoms with van der Waals surface area (Å²) in [4.78, 5) is 11.2. The van der Waals surface area contributed by atoms with Crippen molar-refractivity contribution in [1.29, 1.82) is 5.41 Å². The van der Waals surface area contributed by atoms with Crippen molar-refractivity contribution in [3.63, 3.8) is 0 Å². The summed E-state index contributed by atoms with van der Waals surface area (Å²) >= 11 is 0. The maximum absolute atomic E-state index is 8.75. The minimum atomic E-state index is -0.0755. The molecule has 6 nitrogen and oxygen atoms in total. The van der Waals surface area contributed by atoms with Gasteiger partial charge in [-0.1, -0.05) is 27.2 Å². The highest BCUT2D eigenvalue weighted by Crippen LogP contribution is 2.40. The fourth-order valence-corrected chi connectivity index (χ4v) is 3.36. The van der Waals surface area contributed by atoms with Gasteiger partial charge in [-0.15, -0.1) is 0 Å². The number of hydrogen-bond acceptors (Lipinski definition) is 6. The maximum atomic E-state index is 8.75. The van der Waals surface area contributed by atoms with Crippen molar-refractivity contribution < 1.29 is 4.74 Å². The maximum Gasteiger partial charge on any atom is 0.132 e. The van der Waals surface area contributed by atoms with Gasteiger partial charge < -0.3 is 15.4 Å². The Hall–Kier alpha value is -2.63. The molecule has 1 atom stereocenters. The number of nitrogens with zero attached hydrogens (tertiary/aromatic N) is 3. The van der Waals surface area contributed by atoms with Crippen LogP contribution in [0, 0.1) is 11.3 Å². The van der Waals surface area contributed by atoms with Crippen LogP contribution in [0.2, 0.25) is 0 Å². The van der Waals surface area contributed by atoms with Crippen LogP contribution in [0.5, 0.6) is 5.75 Å². The van der Waals surface area contributed by atoms with Gasteiger partial charge in [0.05, 0.1) is 11.4 Å². The van der Waals surface area contributed by atoms with Gasteiger partial charge in [0, 0.05) is 30.4 Å². The van der Waals surface area contributed by atoms with Crippen molar-refractivity contribution in [3.8, 4) is 5.75 Å². The van der Waals surface area contributed by atoms with E-state index in [1.54, 1.807) is 6.33 Å². The zero-order valence-electron chi connectivity index (χ0n) is 18.7. The topological polar surface area (TPSA) is 88.1 Å². The minimum absolute atomic E-state index is 0.0755. The van der Waals surface area contributed by atoms with E-state index in [1.165, 1.54) is 6.42 Å². The molecule has 6 heteroatoms. The van der Waals surface area contributed by atoms with Gasteiger partial charge in [0.1, 0.15) is 23.5 Å². The zero-order chi connectivity index (χ0) is 21.7. The molecule has 0 radical (unpaired) electrons. The van der Waals surface area contributed by atoms with Crippen molar-refractivity contribution in [1.82, 2.24) is 9.97 Å². The van der Waals surface area contributed by atoms with Gasteiger partial charge in [-0.05, 0) is 56.7 Å². The Bertz CT molecular complexity index is 878. The Morgan fingerprint density at radius 2 is 2.00 bits per heavy atom. The van der Waals surface area contributed by atoms with Gasteiger partial charge in [0.2, 0.25) is 0 Å². The van der Waals surface area contributed by atoms with Crippen LogP contribution in [0.3, 0.4) is 0 Å². The summed E-state index contributed by atoms with van der Waals surface area (Å²) in [6, 6.07) is 7.45. The molecule has 3 N–H and O–H groups in total. The molecule has 1 aliphatic rings. The van der Waals surface area contributed by atoms with E-state index in [4.69, 9.17) is 15.9 Å². The van der Waals surface area contributed by atoms with Gasteiger partial charge in [-0.25, -0.2) is 9.97 Å². The van der Waals surface area contributed by atoms with E-state index in [2.05, 4.69) is 42.6 Å². The summed E-state index contributed by atoms with van der Waals surface area (Å²) in [5.74, 6) is 2.30. The van der Waals surface area contributed by atoms with E-state index >= 15 is 0 Å². The zero-order valence-corrected chi connectivity index (χ0v) is 18.7. The molecule has 0 saturated heterocycles. The molecule has 1 aromatic carbocycles. The van der Waals surface area contributed by atoms with Crippen LogP contribution < -0.4 is 15.4 Å². The van der Waals surface area contributed by atoms with Crippen LogP contribution in [0.15, 0.2) is 30.6 Å². The van der Waals surface area contributed by atoms with Crippen LogP contribution in [-0.2, 0) is 0 Å². The molecule has 2 aromatic rings. The molecular formula is C24H35N5O. The second-order valence-corrected chi connectivity index (χ2v) is 8.73. The predicted octanol–water partition coefficient (Wildman–Crippen LogP) is 5.06. The van der Waals surface area contributed by atoms with Crippen molar-refractivity contribution >= 4 is 17.2 Å². The monoisotopic (exact) mass is 409 g/mol. The van der Waals surface area contributed by atoms with E-state index in [1.807, 2.05) is 24.3 Å². The summed E-state index contributed by atoms with van der Waals surface area (Å²) in [6.07, 6.45) is 7.01. The van der Waals surface area contributed by atoms with Crippen LogP contribution >= 0.6 is 0 Å². The Labute approximate surface area is 180 Å². The lowest BCUT2D eigenvalue weighted by Gasteiger charge is -2.25. The molecule has 1 aliphatic carbocycles. The standard InChI is InChI=1S/C24H35N5O/c1-5-12-29(13-9-17(3)6-2)22-15-21(27-16-28-22)23(26)19-14-18(7-8-20(19)25)30-24(4)10-11-24/h7-8,14-17,26H,5-6,9-13,25H2,1-4H3/t17-/m1/s1. The van der Waals surface area contributed by atoms with Crippen molar-refractivity contribution in [3.05, 3.63) is 41.9 Å². The molecule has 0 aliphatic heterocycles. The largest absolute Gasteiger partial charge is 0.488 e. The summed E-state index contributed by atoms with van der Waals surface area (Å²) in [6.45, 7) is 10.7. The highest BCUT2D eigenvalue weighted by Gasteiger charge is 2.40. The Morgan fingerprint density at radius 3 is 2.67 bits per heavy atom. The smallest absolute Gasteiger partial charge is 0.132 e. The van der Waals surface area contributed by atoms with Crippen LogP contribution in [0.1, 0.15) is 71.1 Å². The van der Waals surface area contributed by atoms with E-state index in [9.17, 15) is 0 Å². The van der Waals surface area contributed by atoms with E-state index in [-0.39, 0.29) is 5.60 Å². The molecule has 1 saturated carbocycles. The van der Waals surface area contributed by atoms with Gasteiger partial charge in [0.15, 0.2) is 0 Å². The Morgan fingerprint density at radius 1 is 1.23 bits per heavy atom. The summed E-state index contributed by atoms with van der Waals surface area (Å²) < 4.78 is 6.06. The van der Waals surface area contributed by atoms with Gasteiger partial charge in [-0.2, -0.15) is 0 Å². The molecule has 0 unspecified atom stereocenters. The Balaban J connectivity index is 1.82. The first-order valence-electron chi connectivity index (χ1n) is 11.1. The highest BCUT2D eigenvalue weighted by atomic mass is 16.5. The summed E-state index contributed by atoms with van der Waals surface area (Å²) in [7, 11) is 0. The van der Waals surface area contributed by atoms with Crippen LogP contribution in [0.4, 0.5) is 11.5 Å². The summed E-state index contributed by atoms with van der Waals surface area (Å²) in [5, 5.41) is 8.75. The SMILES string of the molecule is CCCN(CC[C@H](C)CC)c1cc(C(=N)c2cc(OC3(C)CC3)ccc2N)ncn1. The van der Waals surface area contributed by atoms with Crippen LogP contribution in [0.25, 0.3) is 0 Å². The number of benzene rings is 1. The molecular weight excluding hydrogens is 374 g/mol. The molecule has 1 fully saturated rings. The number of ether oxygens (including phenoxy) is 1. The molecule has 0 amide bonds. The quantitative estimate of drug-likeness (QED) is 0.400. The lowest BCUT2D eigenvalue weighted by atomic mass is 10.0. The number of nitrogen functional groups attached to an aromatic ring is 1. The van der Waals surface area contributed by atoms with Crippen LogP contribution in [-0.4, -0.2) is 34.4 Å². The number of nitrogens with one attached hydrogen (secondary N) is 1. The average Bonchev–Trinajstić information content (AvgIpc) is 3.48. The second-order valence-electron chi connectivity index (χ2n) is 8.73. The Kier molecular flexibility index (Phi) is 6.95. The minimum Gasteiger partial charge on any atom is -0.488 e. The molecule has 0 bridgehead atoms. The summed E-state index contributed by atoms with van der Waals surface area (Å²) in [5.41, 5.74) is 8.18. The van der Waals surface area contributed by atoms with Crippen molar-refractivity contribution in [2.75, 3.05) is 23.7 Å². The third-order valence-electron chi connectivity index (χ3n) is 5.93. The van der Waals surface area contributed by atoms with Crippen molar-refractivity contribution in [2.24, 2.45) is 5.92 Å². The van der Waals surface area contributed by atoms with Crippen molar-refractivity contribution in [2.45, 2.75) is 65.4 Å². The first kappa shape index (κ1) is 22.1. The number of anilines is 2. The normalized spacial score (nSPS) is 15.5. The van der Waals surface area contributed by atoms with E-state index in [0.717, 1.165) is 50.3 Å². The third kappa shape index (κ3) is 5.49. The number of rotatable bonds is 11. The molecule has 30 heavy (non-hydrogen) atoms. The van der Waals surface area contributed by atoms with Gasteiger partial charge in [-0.3, -0.25) is 5.41 Å². The average molecular weight is 410 g/mol. The molecule has 162 valence electrons. The fourth-order valence-electron chi connectivity index (χ4n) is 3.36. The predicted molar refractivity (Wildman–Crippen MR) is 124 cm³/mol. The fraction of sp³-hybridized carbons (Fsp3) is 0.542. The first-order valence-corrected chi connectivity index (χ1v) is 11.1. The molecule has 0 spiro atoms. The van der Waals surface area contributed by atoms with Gasteiger partial charge >= 0.3 is 0 Å². The van der Waals surface area contributed by atoms with E-state index < -0.39 is 0 Å². The third-order valence-corrected chi connectivity index (χ3v) is 5.93. The molecule has 1 aromatic heterocycles. The second kappa shape index (κ2) is 9.45. The highest BCUT2D eigenvalue weighted by molar-refractivity contribution is 6.13. The lowest BCUT2D eigenvalue weighted by Crippen LogP contribution is -2.28. The first-order chi connectivity index (χ1) is 14.3. The van der Waals surface area contributed by atoms with E-state index in [0.29, 0.717) is 28.6 Å². The number of nitrogens with two attached hydrogens (primary N) is 1. The van der Waals surface area contributed by atoms with Gasteiger partial charge in [0.25, 0.3) is 0 Å². The lowest BCUT2D eigenvalue weighted by molar-refractivity contribution is 0.200. The number of hydrogen-bond donors (Lipinski definition) is 2. The molecule has 1 heterocycles. The molecule has 3 rings (SSSR count).